The molecular formula is C16H19NO2. The molecule has 2 N–H and O–H groups in total. The molecule has 0 fully saturated rings. The van der Waals surface area contributed by atoms with Crippen LogP contribution in [0.25, 0.3) is 0 Å². The van der Waals surface area contributed by atoms with E-state index >= 15 is 0 Å². The molecule has 0 aliphatic rings. The predicted molar refractivity (Wildman–Crippen MR) is 77.7 cm³/mol. The number of benzene rings is 2. The Bertz CT molecular complexity index is 508. The lowest BCUT2D eigenvalue weighted by Crippen LogP contribution is -2.03. The summed E-state index contributed by atoms with van der Waals surface area (Å²) in [6.07, 6.45) is 0.805. The fourth-order valence-electron chi connectivity index (χ4n) is 1.84. The van der Waals surface area contributed by atoms with Crippen molar-refractivity contribution in [3.8, 4) is 11.5 Å². The first-order valence-corrected chi connectivity index (χ1v) is 6.48. The summed E-state index contributed by atoms with van der Waals surface area (Å²) in [5.74, 6) is 1.71. The zero-order valence-electron chi connectivity index (χ0n) is 11.1. The van der Waals surface area contributed by atoms with Crippen molar-refractivity contribution in [2.24, 2.45) is 0 Å². The van der Waals surface area contributed by atoms with E-state index in [0.717, 1.165) is 29.2 Å². The minimum atomic E-state index is 0.613. The number of ether oxygens (including phenoxy) is 2. The molecule has 19 heavy (non-hydrogen) atoms. The van der Waals surface area contributed by atoms with E-state index in [1.54, 1.807) is 0 Å². The van der Waals surface area contributed by atoms with Gasteiger partial charge in [0, 0.05) is 12.1 Å². The van der Waals surface area contributed by atoms with Gasteiger partial charge in [-0.2, -0.15) is 0 Å². The van der Waals surface area contributed by atoms with Gasteiger partial charge in [0.15, 0.2) is 0 Å². The molecular weight excluding hydrogens is 238 g/mol. The Balaban J connectivity index is 1.84. The normalized spacial score (nSPS) is 10.2. The number of hydrogen-bond donors (Lipinski definition) is 1. The van der Waals surface area contributed by atoms with Gasteiger partial charge in [-0.15, -0.1) is 0 Å². The second-order valence-corrected chi connectivity index (χ2v) is 4.20. The van der Waals surface area contributed by atoms with Crippen molar-refractivity contribution >= 4 is 5.69 Å². The highest BCUT2D eigenvalue weighted by atomic mass is 16.5. The van der Waals surface area contributed by atoms with Crippen LogP contribution in [0.4, 0.5) is 5.69 Å². The summed E-state index contributed by atoms with van der Waals surface area (Å²) in [6, 6.07) is 15.5. The zero-order chi connectivity index (χ0) is 13.5. The molecule has 2 aromatic rings. The van der Waals surface area contributed by atoms with Crippen LogP contribution < -0.4 is 15.2 Å². The minimum absolute atomic E-state index is 0.613. The molecule has 0 bridgehead atoms. The van der Waals surface area contributed by atoms with Crippen LogP contribution in [-0.4, -0.2) is 13.2 Å². The van der Waals surface area contributed by atoms with E-state index in [1.807, 2.05) is 55.5 Å². The third-order valence-corrected chi connectivity index (χ3v) is 2.83. The van der Waals surface area contributed by atoms with Crippen LogP contribution in [0.3, 0.4) is 0 Å². The molecule has 0 aliphatic heterocycles. The average molecular weight is 257 g/mol. The number of nitrogens with two attached hydrogens (primary N) is 1. The van der Waals surface area contributed by atoms with Crippen molar-refractivity contribution in [2.75, 3.05) is 18.9 Å². The van der Waals surface area contributed by atoms with E-state index in [2.05, 4.69) is 0 Å². The smallest absolute Gasteiger partial charge is 0.119 e. The van der Waals surface area contributed by atoms with Crippen molar-refractivity contribution in [1.29, 1.82) is 0 Å². The molecule has 0 spiro atoms. The number of para-hydroxylation sites is 1. The van der Waals surface area contributed by atoms with E-state index in [0.29, 0.717) is 13.2 Å². The maximum Gasteiger partial charge on any atom is 0.119 e. The summed E-state index contributed by atoms with van der Waals surface area (Å²) in [4.78, 5) is 0. The van der Waals surface area contributed by atoms with Gasteiger partial charge in [0.25, 0.3) is 0 Å². The van der Waals surface area contributed by atoms with Crippen LogP contribution in [0.2, 0.25) is 0 Å². The highest BCUT2D eigenvalue weighted by Crippen LogP contribution is 2.18. The van der Waals surface area contributed by atoms with E-state index in [9.17, 15) is 0 Å². The van der Waals surface area contributed by atoms with Crippen molar-refractivity contribution in [3.05, 3.63) is 54.1 Å². The van der Waals surface area contributed by atoms with Crippen LogP contribution in [-0.2, 0) is 6.42 Å². The zero-order valence-corrected chi connectivity index (χ0v) is 11.1. The van der Waals surface area contributed by atoms with Gasteiger partial charge in [-0.25, -0.2) is 0 Å². The van der Waals surface area contributed by atoms with Crippen LogP contribution >= 0.6 is 0 Å². The summed E-state index contributed by atoms with van der Waals surface area (Å²) in [7, 11) is 0. The lowest BCUT2D eigenvalue weighted by atomic mass is 10.1. The first-order chi connectivity index (χ1) is 9.29. The van der Waals surface area contributed by atoms with Gasteiger partial charge in [-0.3, -0.25) is 0 Å². The molecule has 2 rings (SSSR count). The molecule has 3 nitrogen and oxygen atoms in total. The second-order valence-electron chi connectivity index (χ2n) is 4.20. The Hall–Kier alpha value is -2.16. The molecule has 0 atom stereocenters. The third kappa shape index (κ3) is 3.91. The van der Waals surface area contributed by atoms with E-state index < -0.39 is 0 Å². The maximum absolute atomic E-state index is 5.88. The number of anilines is 1. The van der Waals surface area contributed by atoms with Crippen molar-refractivity contribution in [3.63, 3.8) is 0 Å². The van der Waals surface area contributed by atoms with Crippen molar-refractivity contribution < 1.29 is 9.47 Å². The van der Waals surface area contributed by atoms with Gasteiger partial charge in [0.05, 0.1) is 13.2 Å². The highest BCUT2D eigenvalue weighted by Gasteiger charge is 1.99. The second kappa shape index (κ2) is 6.69. The fraction of sp³-hybridized carbons (Fsp3) is 0.250. The predicted octanol–water partition coefficient (Wildman–Crippen LogP) is 3.29. The van der Waals surface area contributed by atoms with Gasteiger partial charge >= 0.3 is 0 Å². The van der Waals surface area contributed by atoms with E-state index in [1.165, 1.54) is 0 Å². The molecule has 0 heterocycles. The molecule has 2 aromatic carbocycles. The molecule has 0 aliphatic carbocycles. The quantitative estimate of drug-likeness (QED) is 0.808. The lowest BCUT2D eigenvalue weighted by molar-refractivity contribution is 0.318. The largest absolute Gasteiger partial charge is 0.494 e. The molecule has 0 saturated heterocycles. The summed E-state index contributed by atoms with van der Waals surface area (Å²) in [5, 5.41) is 0. The molecule has 0 aromatic heterocycles. The Labute approximate surface area is 114 Å². The minimum Gasteiger partial charge on any atom is -0.494 e. The molecule has 0 saturated carbocycles. The highest BCUT2D eigenvalue weighted by molar-refractivity contribution is 5.46. The molecule has 0 radical (unpaired) electrons. The Kier molecular flexibility index (Phi) is 4.67. The van der Waals surface area contributed by atoms with Gasteiger partial charge < -0.3 is 15.2 Å². The first-order valence-electron chi connectivity index (χ1n) is 6.48. The maximum atomic E-state index is 5.88. The fourth-order valence-corrected chi connectivity index (χ4v) is 1.84. The Morgan fingerprint density at radius 3 is 2.16 bits per heavy atom. The summed E-state index contributed by atoms with van der Waals surface area (Å²) < 4.78 is 11.1. The summed E-state index contributed by atoms with van der Waals surface area (Å²) in [5.41, 5.74) is 7.82. The monoisotopic (exact) mass is 257 g/mol. The standard InChI is InChI=1S/C16H19NO2/c1-2-18-14-7-9-15(10-8-14)19-12-11-13-5-3-4-6-16(13)17/h3-10H,2,11-12,17H2,1H3. The van der Waals surface area contributed by atoms with E-state index in [-0.39, 0.29) is 0 Å². The number of rotatable bonds is 6. The van der Waals surface area contributed by atoms with E-state index in [4.69, 9.17) is 15.2 Å². The molecule has 3 heteroatoms. The van der Waals surface area contributed by atoms with Crippen LogP contribution in [0, 0.1) is 0 Å². The summed E-state index contributed by atoms with van der Waals surface area (Å²) in [6.45, 7) is 3.25. The SMILES string of the molecule is CCOc1ccc(OCCc2ccccc2N)cc1. The first kappa shape index (κ1) is 13.3. The van der Waals surface area contributed by atoms with Gasteiger partial charge in [0.2, 0.25) is 0 Å². The van der Waals surface area contributed by atoms with Crippen LogP contribution in [0.15, 0.2) is 48.5 Å². The number of nitrogen functional groups attached to an aromatic ring is 1. The Morgan fingerprint density at radius 1 is 0.895 bits per heavy atom. The van der Waals surface area contributed by atoms with Gasteiger partial charge in [0.1, 0.15) is 11.5 Å². The lowest BCUT2D eigenvalue weighted by Gasteiger charge is -2.09. The third-order valence-electron chi connectivity index (χ3n) is 2.83. The molecule has 0 amide bonds. The van der Waals surface area contributed by atoms with Gasteiger partial charge in [-0.1, -0.05) is 18.2 Å². The van der Waals surface area contributed by atoms with Crippen molar-refractivity contribution in [2.45, 2.75) is 13.3 Å². The van der Waals surface area contributed by atoms with Gasteiger partial charge in [-0.05, 0) is 42.8 Å². The molecule has 100 valence electrons. The van der Waals surface area contributed by atoms with Crippen LogP contribution in [0.5, 0.6) is 11.5 Å². The number of hydrogen-bond acceptors (Lipinski definition) is 3. The Morgan fingerprint density at radius 2 is 1.53 bits per heavy atom. The van der Waals surface area contributed by atoms with Crippen LogP contribution in [0.1, 0.15) is 12.5 Å². The van der Waals surface area contributed by atoms with Crippen molar-refractivity contribution in [1.82, 2.24) is 0 Å². The average Bonchev–Trinajstić information content (AvgIpc) is 2.43. The topological polar surface area (TPSA) is 44.5 Å². The summed E-state index contributed by atoms with van der Waals surface area (Å²) >= 11 is 0. The molecule has 0 unspecified atom stereocenters.